The van der Waals surface area contributed by atoms with E-state index in [0.29, 0.717) is 41.6 Å². The van der Waals surface area contributed by atoms with Crippen molar-refractivity contribution in [3.05, 3.63) is 90.8 Å². The number of halogens is 1. The number of nitrogens with one attached hydrogen (secondary N) is 1. The zero-order valence-corrected chi connectivity index (χ0v) is 22.7. The molecule has 0 bridgehead atoms. The first-order valence-corrected chi connectivity index (χ1v) is 13.3. The maximum atomic E-state index is 13.3. The molecule has 0 aliphatic carbocycles. The van der Waals surface area contributed by atoms with E-state index < -0.39 is 11.6 Å². The molecule has 4 N–H and O–H groups in total. The van der Waals surface area contributed by atoms with Crippen molar-refractivity contribution in [2.45, 2.75) is 38.6 Å². The van der Waals surface area contributed by atoms with Crippen LogP contribution in [0.25, 0.3) is 22.3 Å². The molecule has 4 heterocycles. The number of cyclic esters (lactones) is 1. The number of aliphatic hydroxyl groups is 1. The maximum Gasteiger partial charge on any atom is 0.343 e. The number of ether oxygens (including phenoxy) is 1. The van der Waals surface area contributed by atoms with Gasteiger partial charge in [0, 0.05) is 25.8 Å². The maximum absolute atomic E-state index is 13.3. The number of fused-ring (bicyclic) bond motifs is 5. The molecule has 10 heteroatoms. The number of hydrogen-bond acceptors (Lipinski definition) is 6. The molecular weight excluding hydrogens is 597 g/mol. The molecule has 4 aromatic rings. The average Bonchev–Trinajstić information content (AvgIpc) is 3.26. The van der Waals surface area contributed by atoms with Crippen LogP contribution in [0.2, 0.25) is 0 Å². The highest BCUT2D eigenvalue weighted by molar-refractivity contribution is 14.1. The lowest BCUT2D eigenvalue weighted by Gasteiger charge is -2.31. The number of nitrogens with two attached hydrogens (primary N) is 1. The van der Waals surface area contributed by atoms with Gasteiger partial charge in [0.05, 0.1) is 35.6 Å². The second-order valence-corrected chi connectivity index (χ2v) is 10.7. The summed E-state index contributed by atoms with van der Waals surface area (Å²) >= 11 is 2.27. The van der Waals surface area contributed by atoms with Gasteiger partial charge in [-0.3, -0.25) is 4.79 Å². The lowest BCUT2D eigenvalue weighted by molar-refractivity contribution is -0.172. The Morgan fingerprint density at radius 2 is 2.08 bits per heavy atom. The van der Waals surface area contributed by atoms with Gasteiger partial charge >= 0.3 is 5.97 Å². The Morgan fingerprint density at radius 3 is 2.87 bits per heavy atom. The number of esters is 1. The van der Waals surface area contributed by atoms with Gasteiger partial charge in [0.2, 0.25) is 0 Å². The van der Waals surface area contributed by atoms with Gasteiger partial charge in [-0.1, -0.05) is 19.1 Å². The van der Waals surface area contributed by atoms with Gasteiger partial charge in [0.25, 0.3) is 5.56 Å². The van der Waals surface area contributed by atoms with Crippen molar-refractivity contribution < 1.29 is 14.6 Å². The van der Waals surface area contributed by atoms with Gasteiger partial charge < -0.3 is 25.5 Å². The van der Waals surface area contributed by atoms with Crippen molar-refractivity contribution in [2.24, 2.45) is 10.7 Å². The van der Waals surface area contributed by atoms with Crippen LogP contribution in [0.1, 0.15) is 35.6 Å². The Labute approximate surface area is 231 Å². The summed E-state index contributed by atoms with van der Waals surface area (Å²) in [6.45, 7) is 2.35. The van der Waals surface area contributed by atoms with Crippen molar-refractivity contribution in [3.8, 4) is 11.4 Å². The number of nitrogens with zero attached hydrogens (tertiary/aromatic N) is 3. The topological polar surface area (TPSA) is 132 Å². The smallest absolute Gasteiger partial charge is 0.343 e. The molecule has 1 atom stereocenters. The largest absolute Gasteiger partial charge is 0.458 e. The van der Waals surface area contributed by atoms with Gasteiger partial charge in [0.1, 0.15) is 6.61 Å². The molecule has 2 aliphatic heterocycles. The highest BCUT2D eigenvalue weighted by atomic mass is 127. The van der Waals surface area contributed by atoms with Crippen molar-refractivity contribution >= 4 is 51.1 Å². The predicted molar refractivity (Wildman–Crippen MR) is 153 cm³/mol. The third-order valence-corrected chi connectivity index (χ3v) is 7.77. The molecule has 0 unspecified atom stereocenters. The lowest BCUT2D eigenvalue weighted by atomic mass is 9.86. The van der Waals surface area contributed by atoms with E-state index in [2.05, 4.69) is 39.0 Å². The molecule has 2 aromatic heterocycles. The third kappa shape index (κ3) is 4.04. The summed E-state index contributed by atoms with van der Waals surface area (Å²) in [6, 6.07) is 17.5. The average molecular weight is 621 g/mol. The van der Waals surface area contributed by atoms with E-state index in [0.717, 1.165) is 31.3 Å². The standard InChI is InChI=1S/C28H24IN5O4/c1-2-28(37)21-11-23-24-17(13-34(23)25(35)20(21)14-38-26(28)36)9-16-10-19(6-7-22(16)33-24)32-27(30)31-12-15-4-3-5-18(29)8-15/h3-11,37H,2,12-14H2,1H3,(H3,30,31,32)/t28-/m0/s1. The summed E-state index contributed by atoms with van der Waals surface area (Å²) in [4.78, 5) is 35.0. The number of aliphatic imine (C=N–C) groups is 1. The third-order valence-electron chi connectivity index (χ3n) is 7.10. The molecule has 0 saturated carbocycles. The lowest BCUT2D eigenvalue weighted by Crippen LogP contribution is -2.44. The van der Waals surface area contributed by atoms with Gasteiger partial charge in [0.15, 0.2) is 11.6 Å². The fourth-order valence-corrected chi connectivity index (χ4v) is 5.67. The number of aromatic nitrogens is 2. The fourth-order valence-electron chi connectivity index (χ4n) is 5.06. The number of anilines is 1. The Kier molecular flexibility index (Phi) is 5.95. The van der Waals surface area contributed by atoms with Crippen LogP contribution in [0.15, 0.2) is 64.4 Å². The molecule has 2 aromatic carbocycles. The van der Waals surface area contributed by atoms with Crippen molar-refractivity contribution in [1.29, 1.82) is 0 Å². The molecule has 0 fully saturated rings. The summed E-state index contributed by atoms with van der Waals surface area (Å²) in [5, 5.41) is 15.0. The summed E-state index contributed by atoms with van der Waals surface area (Å²) < 4.78 is 7.91. The van der Waals surface area contributed by atoms with E-state index in [1.165, 1.54) is 0 Å². The van der Waals surface area contributed by atoms with E-state index in [1.54, 1.807) is 17.6 Å². The first kappa shape index (κ1) is 24.6. The summed E-state index contributed by atoms with van der Waals surface area (Å²) in [7, 11) is 0. The minimum absolute atomic E-state index is 0.104. The van der Waals surface area contributed by atoms with E-state index in [4.69, 9.17) is 15.5 Å². The van der Waals surface area contributed by atoms with E-state index >= 15 is 0 Å². The second-order valence-electron chi connectivity index (χ2n) is 9.46. The summed E-state index contributed by atoms with van der Waals surface area (Å²) in [5.74, 6) is -0.426. The molecule has 192 valence electrons. The summed E-state index contributed by atoms with van der Waals surface area (Å²) in [5.41, 5.74) is 9.33. The Bertz CT molecular complexity index is 1730. The van der Waals surface area contributed by atoms with E-state index in [-0.39, 0.29) is 18.6 Å². The van der Waals surface area contributed by atoms with Crippen molar-refractivity contribution in [1.82, 2.24) is 9.55 Å². The zero-order chi connectivity index (χ0) is 26.6. The SMILES string of the molecule is CC[C@@]1(O)C(=O)OCc2c1cc1n(c2=O)Cc2cc3cc(NC(N)=NCc4cccc(I)c4)ccc3nc2-1. The number of guanidine groups is 1. The normalized spacial score (nSPS) is 18.1. The van der Waals surface area contributed by atoms with Crippen LogP contribution in [-0.4, -0.2) is 26.6 Å². The van der Waals surface area contributed by atoms with Crippen LogP contribution in [0.5, 0.6) is 0 Å². The monoisotopic (exact) mass is 621 g/mol. The highest BCUT2D eigenvalue weighted by Gasteiger charge is 2.45. The number of pyridine rings is 2. The zero-order valence-electron chi connectivity index (χ0n) is 20.5. The number of hydrogen-bond donors (Lipinski definition) is 3. The van der Waals surface area contributed by atoms with Crippen LogP contribution in [0.4, 0.5) is 5.69 Å². The van der Waals surface area contributed by atoms with E-state index in [9.17, 15) is 14.7 Å². The number of carbonyl (C=O) groups is 1. The van der Waals surface area contributed by atoms with Gasteiger partial charge in [-0.15, -0.1) is 0 Å². The molecule has 0 saturated heterocycles. The first-order chi connectivity index (χ1) is 18.3. The molecule has 0 radical (unpaired) electrons. The number of rotatable bonds is 4. The van der Waals surface area contributed by atoms with Gasteiger partial charge in [-0.25, -0.2) is 14.8 Å². The Morgan fingerprint density at radius 1 is 1.24 bits per heavy atom. The number of benzene rings is 2. The number of carbonyl (C=O) groups excluding carboxylic acids is 1. The Balaban J connectivity index is 1.32. The van der Waals surface area contributed by atoms with Crippen molar-refractivity contribution in [2.75, 3.05) is 5.32 Å². The molecular formula is C28H24IN5O4. The predicted octanol–water partition coefficient (Wildman–Crippen LogP) is 3.61. The quantitative estimate of drug-likeness (QED) is 0.121. The molecule has 6 rings (SSSR count). The summed E-state index contributed by atoms with van der Waals surface area (Å²) in [6.07, 6.45) is 0.104. The van der Waals surface area contributed by atoms with Crippen LogP contribution in [-0.2, 0) is 34.8 Å². The molecule has 0 spiro atoms. The molecule has 38 heavy (non-hydrogen) atoms. The minimum atomic E-state index is -1.84. The molecule has 2 aliphatic rings. The van der Waals surface area contributed by atoms with Crippen LogP contribution >= 0.6 is 22.6 Å². The van der Waals surface area contributed by atoms with E-state index in [1.807, 2.05) is 42.5 Å². The Hall–Kier alpha value is -3.77. The minimum Gasteiger partial charge on any atom is -0.458 e. The van der Waals surface area contributed by atoms with Gasteiger partial charge in [-0.2, -0.15) is 0 Å². The first-order valence-electron chi connectivity index (χ1n) is 12.2. The van der Waals surface area contributed by atoms with Crippen molar-refractivity contribution in [3.63, 3.8) is 0 Å². The van der Waals surface area contributed by atoms with Crippen LogP contribution < -0.4 is 16.6 Å². The second kappa shape index (κ2) is 9.21. The molecule has 0 amide bonds. The fraction of sp³-hybridized carbons (Fsp3) is 0.214. The van der Waals surface area contributed by atoms with Crippen LogP contribution in [0, 0.1) is 3.57 Å². The molecule has 9 nitrogen and oxygen atoms in total. The highest BCUT2D eigenvalue weighted by Crippen LogP contribution is 2.38. The van der Waals surface area contributed by atoms with Gasteiger partial charge in [-0.05, 0) is 77.0 Å². The van der Waals surface area contributed by atoms with Crippen LogP contribution in [0.3, 0.4) is 0 Å².